The van der Waals surface area contributed by atoms with Crippen molar-refractivity contribution in [1.82, 2.24) is 30.3 Å². The van der Waals surface area contributed by atoms with Crippen molar-refractivity contribution in [3.8, 4) is 17.1 Å². The van der Waals surface area contributed by atoms with Gasteiger partial charge in [-0.15, -0.1) is 0 Å². The first kappa shape index (κ1) is 18.8. The second-order valence-electron chi connectivity index (χ2n) is 6.18. The Labute approximate surface area is 174 Å². The normalized spacial score (nSPS) is 10.7. The van der Waals surface area contributed by atoms with E-state index in [1.807, 2.05) is 30.7 Å². The van der Waals surface area contributed by atoms with E-state index in [0.29, 0.717) is 11.4 Å². The monoisotopic (exact) mass is 453 g/mol. The van der Waals surface area contributed by atoms with Crippen molar-refractivity contribution < 1.29 is 9.32 Å². The first-order valence-electron chi connectivity index (χ1n) is 8.65. The number of nitrogens with one attached hydrogen (secondary N) is 2. The number of hydrazine groups is 1. The highest BCUT2D eigenvalue weighted by Crippen LogP contribution is 2.23. The topological polar surface area (TPSA) is 111 Å². The second kappa shape index (κ2) is 7.84. The Morgan fingerprint density at radius 1 is 1.10 bits per heavy atom. The maximum atomic E-state index is 12.4. The number of aromatic nitrogens is 5. The van der Waals surface area contributed by atoms with E-state index in [-0.39, 0.29) is 11.9 Å². The van der Waals surface area contributed by atoms with Crippen LogP contribution in [0.15, 0.2) is 57.8 Å². The Morgan fingerprint density at radius 2 is 1.83 bits per heavy atom. The molecule has 0 radical (unpaired) electrons. The fourth-order valence-electron chi connectivity index (χ4n) is 2.70. The van der Waals surface area contributed by atoms with Gasteiger partial charge in [-0.2, -0.15) is 10.1 Å². The van der Waals surface area contributed by atoms with Crippen LogP contribution in [0.4, 0.5) is 6.01 Å². The minimum atomic E-state index is -0.338. The smallest absolute Gasteiger partial charge is 0.313 e. The Morgan fingerprint density at radius 3 is 2.48 bits per heavy atom. The lowest BCUT2D eigenvalue weighted by Gasteiger charge is -2.07. The number of nitrogens with zero attached hydrogens (tertiary/aromatic N) is 5. The molecule has 0 bridgehead atoms. The predicted molar refractivity (Wildman–Crippen MR) is 109 cm³/mol. The van der Waals surface area contributed by atoms with Gasteiger partial charge in [-0.1, -0.05) is 5.16 Å². The highest BCUT2D eigenvalue weighted by atomic mass is 79.9. The van der Waals surface area contributed by atoms with Gasteiger partial charge >= 0.3 is 6.01 Å². The molecule has 2 N–H and O–H groups in total. The lowest BCUT2D eigenvalue weighted by molar-refractivity contribution is 0.0961. The zero-order valence-electron chi connectivity index (χ0n) is 15.5. The summed E-state index contributed by atoms with van der Waals surface area (Å²) in [4.78, 5) is 20.5. The van der Waals surface area contributed by atoms with Gasteiger partial charge in [-0.25, -0.2) is 10.1 Å². The van der Waals surface area contributed by atoms with E-state index in [0.717, 1.165) is 27.1 Å². The summed E-state index contributed by atoms with van der Waals surface area (Å²) in [6.45, 7) is 3.90. The second-order valence-corrected chi connectivity index (χ2v) is 6.97. The Balaban J connectivity index is 1.41. The van der Waals surface area contributed by atoms with Crippen LogP contribution in [0.3, 0.4) is 0 Å². The van der Waals surface area contributed by atoms with Crippen molar-refractivity contribution in [2.45, 2.75) is 13.8 Å². The molecule has 0 aliphatic carbocycles. The number of rotatable bonds is 5. The number of anilines is 1. The summed E-state index contributed by atoms with van der Waals surface area (Å²) < 4.78 is 7.87. The molecule has 3 aromatic heterocycles. The maximum absolute atomic E-state index is 12.4. The summed E-state index contributed by atoms with van der Waals surface area (Å²) in [6, 6.07) is 10.7. The Bertz CT molecular complexity index is 1150. The molecule has 0 aliphatic rings. The molecule has 1 amide bonds. The van der Waals surface area contributed by atoms with Gasteiger partial charge in [0, 0.05) is 23.5 Å². The number of amides is 1. The lowest BCUT2D eigenvalue weighted by atomic mass is 10.2. The zero-order valence-corrected chi connectivity index (χ0v) is 17.1. The molecule has 0 fully saturated rings. The van der Waals surface area contributed by atoms with Gasteiger partial charge in [-0.05, 0) is 66.2 Å². The molecule has 4 rings (SSSR count). The minimum absolute atomic E-state index is 0.0780. The van der Waals surface area contributed by atoms with E-state index in [4.69, 9.17) is 4.52 Å². The van der Waals surface area contributed by atoms with Crippen LogP contribution in [0.2, 0.25) is 0 Å². The van der Waals surface area contributed by atoms with Gasteiger partial charge in [0.1, 0.15) is 0 Å². The molecule has 0 unspecified atom stereocenters. The van der Waals surface area contributed by atoms with Crippen LogP contribution in [-0.2, 0) is 0 Å². The van der Waals surface area contributed by atoms with Gasteiger partial charge in [0.15, 0.2) is 0 Å². The van der Waals surface area contributed by atoms with Gasteiger partial charge in [0.05, 0.1) is 21.5 Å². The lowest BCUT2D eigenvalue weighted by Crippen LogP contribution is -2.29. The summed E-state index contributed by atoms with van der Waals surface area (Å²) in [5.74, 6) is 0.0549. The molecule has 0 aliphatic heterocycles. The van der Waals surface area contributed by atoms with E-state index in [9.17, 15) is 4.79 Å². The van der Waals surface area contributed by atoms with Crippen molar-refractivity contribution in [3.05, 3.63) is 70.2 Å². The largest absolute Gasteiger partial charge is 0.340 e. The van der Waals surface area contributed by atoms with Crippen LogP contribution < -0.4 is 10.9 Å². The SMILES string of the molecule is Cc1nn(-c2ccc(C(=O)NNc3nc(-c4ccncc4)no3)cc2)c(C)c1Br. The number of hydrogen-bond acceptors (Lipinski definition) is 7. The third-order valence-electron chi connectivity index (χ3n) is 4.22. The molecule has 10 heteroatoms. The van der Waals surface area contributed by atoms with Gasteiger partial charge in [0.25, 0.3) is 5.91 Å². The van der Waals surface area contributed by atoms with Crippen LogP contribution in [0, 0.1) is 13.8 Å². The minimum Gasteiger partial charge on any atom is -0.313 e. The molecular formula is C19H16BrN7O2. The zero-order chi connectivity index (χ0) is 20.4. The van der Waals surface area contributed by atoms with Crippen LogP contribution in [-0.4, -0.2) is 30.8 Å². The third-order valence-corrected chi connectivity index (χ3v) is 5.37. The van der Waals surface area contributed by atoms with E-state index < -0.39 is 0 Å². The average molecular weight is 454 g/mol. The number of hydrogen-bond donors (Lipinski definition) is 2. The fourth-order valence-corrected chi connectivity index (χ4v) is 2.95. The first-order chi connectivity index (χ1) is 14.0. The molecule has 0 atom stereocenters. The average Bonchev–Trinajstić information content (AvgIpc) is 3.33. The molecule has 29 heavy (non-hydrogen) atoms. The molecule has 0 saturated heterocycles. The fraction of sp³-hybridized carbons (Fsp3) is 0.105. The summed E-state index contributed by atoms with van der Waals surface area (Å²) in [5, 5.41) is 8.34. The molecule has 3 heterocycles. The first-order valence-corrected chi connectivity index (χ1v) is 9.45. The Kier molecular flexibility index (Phi) is 5.09. The summed E-state index contributed by atoms with van der Waals surface area (Å²) in [7, 11) is 0. The third kappa shape index (κ3) is 3.87. The van der Waals surface area contributed by atoms with Gasteiger partial charge in [0.2, 0.25) is 5.82 Å². The van der Waals surface area contributed by atoms with E-state index in [2.05, 4.69) is 47.0 Å². The molecule has 0 saturated carbocycles. The number of halogens is 1. The molecule has 4 aromatic rings. The number of pyridine rings is 1. The van der Waals surface area contributed by atoms with Crippen molar-refractivity contribution in [3.63, 3.8) is 0 Å². The summed E-state index contributed by atoms with van der Waals surface area (Å²) in [6.07, 6.45) is 3.27. The number of carbonyl (C=O) groups excluding carboxylic acids is 1. The van der Waals surface area contributed by atoms with E-state index in [1.165, 1.54) is 0 Å². The van der Waals surface area contributed by atoms with Crippen molar-refractivity contribution >= 4 is 27.9 Å². The molecule has 1 aromatic carbocycles. The predicted octanol–water partition coefficient (Wildman–Crippen LogP) is 3.45. The van der Waals surface area contributed by atoms with Gasteiger partial charge < -0.3 is 4.52 Å². The number of carbonyl (C=O) groups is 1. The van der Waals surface area contributed by atoms with E-state index >= 15 is 0 Å². The van der Waals surface area contributed by atoms with Crippen LogP contribution in [0.5, 0.6) is 0 Å². The quantitative estimate of drug-likeness (QED) is 0.445. The van der Waals surface area contributed by atoms with Crippen LogP contribution >= 0.6 is 15.9 Å². The molecule has 9 nitrogen and oxygen atoms in total. The Hall–Kier alpha value is -3.53. The summed E-state index contributed by atoms with van der Waals surface area (Å²) in [5.41, 5.74) is 9.14. The van der Waals surface area contributed by atoms with Crippen molar-refractivity contribution in [1.29, 1.82) is 0 Å². The highest BCUT2D eigenvalue weighted by molar-refractivity contribution is 9.10. The standard InChI is InChI=1S/C19H16BrN7O2/c1-11-16(20)12(2)27(25-11)15-5-3-14(4-6-15)18(28)23-24-19-22-17(26-29-19)13-7-9-21-10-8-13/h3-10H,1-2H3,(H,23,28)(H,22,24,26). The van der Waals surface area contributed by atoms with Crippen LogP contribution in [0.1, 0.15) is 21.7 Å². The maximum Gasteiger partial charge on any atom is 0.340 e. The highest BCUT2D eigenvalue weighted by Gasteiger charge is 2.13. The van der Waals surface area contributed by atoms with E-state index in [1.54, 1.807) is 36.7 Å². The van der Waals surface area contributed by atoms with Crippen LogP contribution in [0.25, 0.3) is 17.1 Å². The molecule has 0 spiro atoms. The van der Waals surface area contributed by atoms with Gasteiger partial charge in [-0.3, -0.25) is 15.2 Å². The van der Waals surface area contributed by atoms with Crippen molar-refractivity contribution in [2.75, 3.05) is 5.43 Å². The van der Waals surface area contributed by atoms with Crippen molar-refractivity contribution in [2.24, 2.45) is 0 Å². The summed E-state index contributed by atoms with van der Waals surface area (Å²) >= 11 is 3.52. The molecule has 146 valence electrons. The number of aryl methyl sites for hydroxylation is 1. The molecular weight excluding hydrogens is 438 g/mol. The number of benzene rings is 1.